The highest BCUT2D eigenvalue weighted by Gasteiger charge is 2.43. The van der Waals surface area contributed by atoms with Crippen molar-refractivity contribution in [2.75, 3.05) is 46.3 Å². The summed E-state index contributed by atoms with van der Waals surface area (Å²) in [5.41, 5.74) is 1.14. The summed E-state index contributed by atoms with van der Waals surface area (Å²) in [5, 5.41) is 3.07. The van der Waals surface area contributed by atoms with Gasteiger partial charge in [-0.1, -0.05) is 30.3 Å². The molecule has 0 radical (unpaired) electrons. The minimum absolute atomic E-state index is 0.0151. The fraction of sp³-hybridized carbons (Fsp3) is 0.619. The Balaban J connectivity index is 1.57. The van der Waals surface area contributed by atoms with Crippen molar-refractivity contribution in [3.05, 3.63) is 35.9 Å². The fourth-order valence-corrected chi connectivity index (χ4v) is 4.27. The quantitative estimate of drug-likeness (QED) is 0.879. The Kier molecular flexibility index (Phi) is 6.37. The van der Waals surface area contributed by atoms with Gasteiger partial charge in [0.05, 0.1) is 0 Å². The molecule has 148 valence electrons. The molecule has 2 heterocycles. The maximum atomic E-state index is 12.7. The second-order valence-corrected chi connectivity index (χ2v) is 7.76. The number of likely N-dealkylation sites (tertiary alicyclic amines) is 1. The average molecular weight is 373 g/mol. The zero-order valence-electron chi connectivity index (χ0n) is 16.6. The van der Waals surface area contributed by atoms with Crippen molar-refractivity contribution in [2.24, 2.45) is 0 Å². The molecule has 6 heteroatoms. The number of nitrogens with zero attached hydrogens (tertiary/aromatic N) is 3. The molecular formula is C21H32N4O2. The van der Waals surface area contributed by atoms with Crippen LogP contribution in [-0.4, -0.2) is 78.5 Å². The Morgan fingerprint density at radius 3 is 2.67 bits per heavy atom. The standard InChI is InChI=1S/C21H32N4O2/c1-3-24-14-12-21(11-9-19(24)26)17-25(16-15-23(21)2)20(27)22-13-10-18-7-5-4-6-8-18/h4-8H,3,9-17H2,1-2H3,(H,22,27). The molecule has 0 bridgehead atoms. The van der Waals surface area contributed by atoms with Gasteiger partial charge in [-0.15, -0.1) is 0 Å². The maximum absolute atomic E-state index is 12.7. The van der Waals surface area contributed by atoms with Crippen LogP contribution in [0.25, 0.3) is 0 Å². The molecule has 6 nitrogen and oxygen atoms in total. The van der Waals surface area contributed by atoms with Gasteiger partial charge in [0.15, 0.2) is 0 Å². The first kappa shape index (κ1) is 19.7. The molecule has 1 atom stereocenters. The third-order valence-corrected chi connectivity index (χ3v) is 6.21. The largest absolute Gasteiger partial charge is 0.343 e. The second kappa shape index (κ2) is 8.74. The van der Waals surface area contributed by atoms with Gasteiger partial charge in [-0.3, -0.25) is 9.69 Å². The molecule has 3 rings (SSSR count). The highest BCUT2D eigenvalue weighted by atomic mass is 16.2. The van der Waals surface area contributed by atoms with E-state index in [4.69, 9.17) is 0 Å². The van der Waals surface area contributed by atoms with E-state index in [9.17, 15) is 9.59 Å². The molecule has 1 unspecified atom stereocenters. The Hall–Kier alpha value is -2.08. The van der Waals surface area contributed by atoms with Crippen molar-refractivity contribution in [1.29, 1.82) is 0 Å². The van der Waals surface area contributed by atoms with Gasteiger partial charge in [0.1, 0.15) is 0 Å². The summed E-state index contributed by atoms with van der Waals surface area (Å²) in [7, 11) is 2.14. The van der Waals surface area contributed by atoms with E-state index in [1.54, 1.807) is 0 Å². The lowest BCUT2D eigenvalue weighted by Crippen LogP contribution is -2.63. The Morgan fingerprint density at radius 1 is 1.15 bits per heavy atom. The van der Waals surface area contributed by atoms with Crippen molar-refractivity contribution < 1.29 is 9.59 Å². The predicted octanol–water partition coefficient (Wildman–Crippen LogP) is 1.96. The number of carbonyl (C=O) groups is 2. The van der Waals surface area contributed by atoms with Gasteiger partial charge in [0, 0.05) is 51.2 Å². The summed E-state index contributed by atoms with van der Waals surface area (Å²) in [6.45, 7) is 6.52. The Morgan fingerprint density at radius 2 is 1.93 bits per heavy atom. The first-order chi connectivity index (χ1) is 13.0. The summed E-state index contributed by atoms with van der Waals surface area (Å²) in [5.74, 6) is 0.243. The zero-order chi connectivity index (χ0) is 19.3. The number of rotatable bonds is 4. The van der Waals surface area contributed by atoms with Crippen LogP contribution < -0.4 is 5.32 Å². The van der Waals surface area contributed by atoms with Crippen LogP contribution in [0.3, 0.4) is 0 Å². The minimum atomic E-state index is -0.0887. The molecule has 2 aliphatic heterocycles. The molecule has 0 aliphatic carbocycles. The average Bonchev–Trinajstić information content (AvgIpc) is 2.84. The van der Waals surface area contributed by atoms with Gasteiger partial charge in [-0.05, 0) is 38.8 Å². The number of hydrogen-bond acceptors (Lipinski definition) is 3. The number of amides is 3. The van der Waals surface area contributed by atoms with Crippen LogP contribution >= 0.6 is 0 Å². The van der Waals surface area contributed by atoms with Crippen molar-refractivity contribution in [1.82, 2.24) is 20.0 Å². The van der Waals surface area contributed by atoms with Crippen molar-refractivity contribution in [3.8, 4) is 0 Å². The highest BCUT2D eigenvalue weighted by Crippen LogP contribution is 2.32. The van der Waals surface area contributed by atoms with Gasteiger partial charge < -0.3 is 15.1 Å². The van der Waals surface area contributed by atoms with E-state index in [1.807, 2.05) is 34.9 Å². The lowest BCUT2D eigenvalue weighted by molar-refractivity contribution is -0.130. The molecule has 1 spiro atoms. The lowest BCUT2D eigenvalue weighted by Gasteiger charge is -2.49. The molecule has 2 aliphatic rings. The first-order valence-corrected chi connectivity index (χ1v) is 10.1. The normalized spacial score (nSPS) is 24.1. The van der Waals surface area contributed by atoms with Crippen molar-refractivity contribution >= 4 is 11.9 Å². The second-order valence-electron chi connectivity index (χ2n) is 7.76. The van der Waals surface area contributed by atoms with E-state index in [0.29, 0.717) is 19.5 Å². The maximum Gasteiger partial charge on any atom is 0.317 e. The number of piperazine rings is 1. The van der Waals surface area contributed by atoms with Crippen LogP contribution in [0.5, 0.6) is 0 Å². The monoisotopic (exact) mass is 372 g/mol. The third kappa shape index (κ3) is 4.61. The van der Waals surface area contributed by atoms with Gasteiger partial charge in [-0.25, -0.2) is 4.79 Å². The zero-order valence-corrected chi connectivity index (χ0v) is 16.6. The molecular weight excluding hydrogens is 340 g/mol. The number of carbonyl (C=O) groups excluding carboxylic acids is 2. The molecule has 2 fully saturated rings. The van der Waals surface area contributed by atoms with Gasteiger partial charge >= 0.3 is 6.03 Å². The van der Waals surface area contributed by atoms with Crippen LogP contribution in [0.1, 0.15) is 31.7 Å². The van der Waals surface area contributed by atoms with Crippen LogP contribution in [-0.2, 0) is 11.2 Å². The van der Waals surface area contributed by atoms with Gasteiger partial charge in [0.25, 0.3) is 0 Å². The van der Waals surface area contributed by atoms with Gasteiger partial charge in [0.2, 0.25) is 5.91 Å². The summed E-state index contributed by atoms with van der Waals surface area (Å²) >= 11 is 0. The first-order valence-electron chi connectivity index (χ1n) is 10.1. The van der Waals surface area contributed by atoms with E-state index in [2.05, 4.69) is 29.4 Å². The molecule has 1 aromatic rings. The summed E-state index contributed by atoms with van der Waals surface area (Å²) in [4.78, 5) is 31.3. The van der Waals surface area contributed by atoms with E-state index >= 15 is 0 Å². The Labute approximate surface area is 162 Å². The highest BCUT2D eigenvalue weighted by molar-refractivity contribution is 5.77. The molecule has 1 N–H and O–H groups in total. The fourth-order valence-electron chi connectivity index (χ4n) is 4.27. The molecule has 1 aromatic carbocycles. The Bertz CT molecular complexity index is 651. The molecule has 27 heavy (non-hydrogen) atoms. The van der Waals surface area contributed by atoms with Gasteiger partial charge in [-0.2, -0.15) is 0 Å². The lowest BCUT2D eigenvalue weighted by atomic mass is 9.86. The number of nitrogens with one attached hydrogen (secondary N) is 1. The van der Waals surface area contributed by atoms with Crippen molar-refractivity contribution in [2.45, 2.75) is 38.1 Å². The number of benzene rings is 1. The van der Waals surface area contributed by atoms with E-state index < -0.39 is 0 Å². The SMILES string of the molecule is CCN1CCC2(CCC1=O)CN(C(=O)NCCc1ccccc1)CCN2C. The van der Waals surface area contributed by atoms with Crippen LogP contribution in [0, 0.1) is 0 Å². The third-order valence-electron chi connectivity index (χ3n) is 6.21. The molecule has 2 saturated heterocycles. The summed E-state index contributed by atoms with van der Waals surface area (Å²) in [6.07, 6.45) is 3.16. The summed E-state index contributed by atoms with van der Waals surface area (Å²) < 4.78 is 0. The number of likely N-dealkylation sites (N-methyl/N-ethyl adjacent to an activating group) is 1. The van der Waals surface area contributed by atoms with Crippen LogP contribution in [0.15, 0.2) is 30.3 Å². The molecule has 3 amide bonds. The number of hydrogen-bond donors (Lipinski definition) is 1. The molecule has 0 saturated carbocycles. The van der Waals surface area contributed by atoms with Crippen molar-refractivity contribution in [3.63, 3.8) is 0 Å². The smallest absolute Gasteiger partial charge is 0.317 e. The topological polar surface area (TPSA) is 55.9 Å². The van der Waals surface area contributed by atoms with E-state index in [-0.39, 0.29) is 17.5 Å². The van der Waals surface area contributed by atoms with Crippen LogP contribution in [0.4, 0.5) is 4.79 Å². The number of urea groups is 1. The molecule has 0 aromatic heterocycles. The van der Waals surface area contributed by atoms with Crippen LogP contribution in [0.2, 0.25) is 0 Å². The van der Waals surface area contributed by atoms with E-state index in [0.717, 1.165) is 45.4 Å². The minimum Gasteiger partial charge on any atom is -0.343 e. The summed E-state index contributed by atoms with van der Waals surface area (Å²) in [6, 6.07) is 10.2. The van der Waals surface area contributed by atoms with E-state index in [1.165, 1.54) is 5.56 Å². The predicted molar refractivity (Wildman–Crippen MR) is 107 cm³/mol.